The molecule has 152 valence electrons. The van der Waals surface area contributed by atoms with Crippen molar-refractivity contribution >= 4 is 5.97 Å². The summed E-state index contributed by atoms with van der Waals surface area (Å²) in [5, 5.41) is 10.3. The van der Waals surface area contributed by atoms with E-state index in [4.69, 9.17) is 18.9 Å². The lowest BCUT2D eigenvalue weighted by molar-refractivity contribution is -0.137. The highest BCUT2D eigenvalue weighted by molar-refractivity contribution is 5.81. The molecule has 0 fully saturated rings. The number of aliphatic hydroxyl groups is 1. The topological polar surface area (TPSA) is 74.2 Å². The highest BCUT2D eigenvalue weighted by Gasteiger charge is 2.18. The van der Waals surface area contributed by atoms with Crippen LogP contribution in [0, 0.1) is 5.92 Å². The van der Waals surface area contributed by atoms with Crippen molar-refractivity contribution in [3.05, 3.63) is 42.0 Å². The van der Waals surface area contributed by atoms with Gasteiger partial charge in [-0.3, -0.25) is 0 Å². The minimum absolute atomic E-state index is 0.116. The number of aliphatic hydroxyl groups excluding tert-OH is 1. The average molecular weight is 380 g/mol. The molecule has 27 heavy (non-hydrogen) atoms. The van der Waals surface area contributed by atoms with Crippen molar-refractivity contribution in [2.24, 2.45) is 5.92 Å². The fourth-order valence-electron chi connectivity index (χ4n) is 2.49. The summed E-state index contributed by atoms with van der Waals surface area (Å²) in [6, 6.07) is 7.73. The first-order valence-corrected chi connectivity index (χ1v) is 9.26. The second kappa shape index (κ2) is 13.3. The van der Waals surface area contributed by atoms with Crippen LogP contribution in [0.25, 0.3) is 0 Å². The number of rotatable bonds is 13. The number of methoxy groups -OCH3 is 2. The third-order valence-electron chi connectivity index (χ3n) is 4.28. The predicted octanol–water partition coefficient (Wildman–Crippen LogP) is 3.12. The number of carbonyl (C=O) groups excluding carboxylic acids is 1. The lowest BCUT2D eigenvalue weighted by Crippen LogP contribution is -2.25. The minimum Gasteiger partial charge on any atom is -0.497 e. The molecule has 1 aromatic rings. The van der Waals surface area contributed by atoms with Gasteiger partial charge in [-0.05, 0) is 31.0 Å². The largest absolute Gasteiger partial charge is 0.497 e. The van der Waals surface area contributed by atoms with Crippen LogP contribution in [0.15, 0.2) is 36.4 Å². The zero-order valence-corrected chi connectivity index (χ0v) is 16.7. The molecule has 0 amide bonds. The summed E-state index contributed by atoms with van der Waals surface area (Å²) in [5.74, 6) is 0.248. The highest BCUT2D eigenvalue weighted by Crippen LogP contribution is 2.16. The Hall–Kier alpha value is -1.89. The summed E-state index contributed by atoms with van der Waals surface area (Å²) in [6.45, 7) is 4.99. The molecule has 0 bridgehead atoms. The minimum atomic E-state index is -0.609. The maximum atomic E-state index is 11.3. The van der Waals surface area contributed by atoms with Gasteiger partial charge in [0.1, 0.15) is 5.75 Å². The maximum Gasteiger partial charge on any atom is 0.330 e. The van der Waals surface area contributed by atoms with Crippen LogP contribution in [0.1, 0.15) is 32.3 Å². The number of hydrogen-bond donors (Lipinski definition) is 1. The molecule has 0 aliphatic rings. The standard InChI is InChI=1S/C21H32O6/c1-5-27-21(23)11-6-16(2)20(22)14-19(25-4)12-13-26-15-17-7-9-18(24-3)10-8-17/h6-11,16,19-20,22H,5,12-15H2,1-4H3/b11-6+/t16-,19-,20+/m0/s1. The predicted molar refractivity (Wildman–Crippen MR) is 104 cm³/mol. The Morgan fingerprint density at radius 1 is 1.22 bits per heavy atom. The van der Waals surface area contributed by atoms with Crippen LogP contribution in [0.5, 0.6) is 5.75 Å². The van der Waals surface area contributed by atoms with E-state index in [1.54, 1.807) is 27.2 Å². The van der Waals surface area contributed by atoms with Gasteiger partial charge in [-0.15, -0.1) is 0 Å². The van der Waals surface area contributed by atoms with Gasteiger partial charge in [-0.2, -0.15) is 0 Å². The molecule has 0 aliphatic carbocycles. The molecule has 0 heterocycles. The zero-order valence-electron chi connectivity index (χ0n) is 16.7. The summed E-state index contributed by atoms with van der Waals surface area (Å²) in [4.78, 5) is 11.3. The molecule has 3 atom stereocenters. The molecular formula is C21H32O6. The van der Waals surface area contributed by atoms with Gasteiger partial charge in [0.15, 0.2) is 0 Å². The lowest BCUT2D eigenvalue weighted by atomic mass is 9.97. The number of ether oxygens (including phenoxy) is 4. The van der Waals surface area contributed by atoms with Gasteiger partial charge in [0.05, 0.1) is 32.5 Å². The van der Waals surface area contributed by atoms with Gasteiger partial charge in [-0.25, -0.2) is 4.79 Å². The SMILES string of the molecule is CCOC(=O)/C=C/[C@H](C)[C@H](O)C[C@H](CCOCc1ccc(OC)cc1)OC. The van der Waals surface area contributed by atoms with Crippen LogP contribution in [-0.4, -0.2) is 50.7 Å². The quantitative estimate of drug-likeness (QED) is 0.322. The van der Waals surface area contributed by atoms with Gasteiger partial charge in [-0.1, -0.05) is 25.1 Å². The van der Waals surface area contributed by atoms with Gasteiger partial charge < -0.3 is 24.1 Å². The molecular weight excluding hydrogens is 348 g/mol. The molecule has 1 N–H and O–H groups in total. The summed E-state index contributed by atoms with van der Waals surface area (Å²) < 4.78 is 21.1. The molecule has 0 radical (unpaired) electrons. The van der Waals surface area contributed by atoms with Crippen molar-refractivity contribution in [1.82, 2.24) is 0 Å². The molecule has 0 unspecified atom stereocenters. The molecule has 0 aromatic heterocycles. The van der Waals surface area contributed by atoms with Crippen LogP contribution < -0.4 is 4.74 Å². The van der Waals surface area contributed by atoms with Gasteiger partial charge in [0.25, 0.3) is 0 Å². The third-order valence-corrected chi connectivity index (χ3v) is 4.28. The monoisotopic (exact) mass is 380 g/mol. The van der Waals surface area contributed by atoms with Crippen LogP contribution >= 0.6 is 0 Å². The van der Waals surface area contributed by atoms with E-state index in [1.807, 2.05) is 31.2 Å². The molecule has 0 saturated heterocycles. The molecule has 1 aromatic carbocycles. The van der Waals surface area contributed by atoms with E-state index in [-0.39, 0.29) is 12.0 Å². The first-order valence-electron chi connectivity index (χ1n) is 9.26. The summed E-state index contributed by atoms with van der Waals surface area (Å²) in [5.41, 5.74) is 1.07. The first-order chi connectivity index (χ1) is 13.0. The van der Waals surface area contributed by atoms with E-state index in [0.717, 1.165) is 11.3 Å². The third kappa shape index (κ3) is 9.56. The van der Waals surface area contributed by atoms with Crippen molar-refractivity contribution in [2.75, 3.05) is 27.4 Å². The Morgan fingerprint density at radius 3 is 2.52 bits per heavy atom. The van der Waals surface area contributed by atoms with Crippen LogP contribution in [0.4, 0.5) is 0 Å². The van der Waals surface area contributed by atoms with Crippen LogP contribution in [0.2, 0.25) is 0 Å². The van der Waals surface area contributed by atoms with Crippen molar-refractivity contribution in [3.8, 4) is 5.75 Å². The van der Waals surface area contributed by atoms with Gasteiger partial charge >= 0.3 is 5.97 Å². The fourth-order valence-corrected chi connectivity index (χ4v) is 2.49. The molecule has 0 aliphatic heterocycles. The molecule has 0 saturated carbocycles. The number of carbonyl (C=O) groups is 1. The highest BCUT2D eigenvalue weighted by atomic mass is 16.5. The van der Waals surface area contributed by atoms with E-state index < -0.39 is 12.1 Å². The number of esters is 1. The number of benzene rings is 1. The smallest absolute Gasteiger partial charge is 0.330 e. The van der Waals surface area contributed by atoms with Crippen molar-refractivity contribution in [1.29, 1.82) is 0 Å². The summed E-state index contributed by atoms with van der Waals surface area (Å²) >= 11 is 0. The van der Waals surface area contributed by atoms with Crippen LogP contribution in [-0.2, 0) is 25.6 Å². The normalized spacial score (nSPS) is 14.7. The van der Waals surface area contributed by atoms with Crippen molar-refractivity contribution < 1.29 is 28.8 Å². The Morgan fingerprint density at radius 2 is 1.93 bits per heavy atom. The number of hydrogen-bond acceptors (Lipinski definition) is 6. The second-order valence-corrected chi connectivity index (χ2v) is 6.32. The average Bonchev–Trinajstić information content (AvgIpc) is 2.68. The molecule has 6 heteroatoms. The Bertz CT molecular complexity index is 554. The van der Waals surface area contributed by atoms with E-state index in [0.29, 0.717) is 32.7 Å². The van der Waals surface area contributed by atoms with Gasteiger partial charge in [0.2, 0.25) is 0 Å². The van der Waals surface area contributed by atoms with E-state index >= 15 is 0 Å². The van der Waals surface area contributed by atoms with E-state index in [1.165, 1.54) is 6.08 Å². The van der Waals surface area contributed by atoms with Gasteiger partial charge in [0, 0.05) is 32.1 Å². The molecule has 0 spiro atoms. The molecule has 1 rings (SSSR count). The van der Waals surface area contributed by atoms with Crippen molar-refractivity contribution in [3.63, 3.8) is 0 Å². The van der Waals surface area contributed by atoms with Crippen LogP contribution in [0.3, 0.4) is 0 Å². The van der Waals surface area contributed by atoms with Crippen molar-refractivity contribution in [2.45, 2.75) is 45.5 Å². The zero-order chi connectivity index (χ0) is 20.1. The lowest BCUT2D eigenvalue weighted by Gasteiger charge is -2.22. The first kappa shape index (κ1) is 23.1. The summed E-state index contributed by atoms with van der Waals surface area (Å²) in [6.07, 6.45) is 3.44. The van der Waals surface area contributed by atoms with E-state index in [9.17, 15) is 9.90 Å². The Balaban J connectivity index is 2.32. The molecule has 6 nitrogen and oxygen atoms in total. The Kier molecular flexibility index (Phi) is 11.4. The summed E-state index contributed by atoms with van der Waals surface area (Å²) in [7, 11) is 3.26. The second-order valence-electron chi connectivity index (χ2n) is 6.32. The Labute approximate surface area is 162 Å². The van der Waals surface area contributed by atoms with E-state index in [2.05, 4.69) is 0 Å². The maximum absolute atomic E-state index is 11.3. The fraction of sp³-hybridized carbons (Fsp3) is 0.571.